The molecule has 0 aromatic rings. The highest BCUT2D eigenvalue weighted by atomic mass is 28.2. The van der Waals surface area contributed by atoms with E-state index in [2.05, 4.69) is 29.2 Å². The zero-order chi connectivity index (χ0) is 4.99. The van der Waals surface area contributed by atoms with Crippen molar-refractivity contribution in [2.45, 2.75) is 26.3 Å². The van der Waals surface area contributed by atoms with Crippen molar-refractivity contribution in [1.82, 2.24) is 4.98 Å². The Bertz CT molecular complexity index is 26.7. The lowest BCUT2D eigenvalue weighted by Crippen LogP contribution is -2.20. The molecule has 0 aromatic carbocycles. The van der Waals surface area contributed by atoms with Crippen LogP contribution in [0.25, 0.3) is 0 Å². The second-order valence-corrected chi connectivity index (χ2v) is 1.74. The van der Waals surface area contributed by atoms with Gasteiger partial charge >= 0.3 is 0 Å². The molecule has 3 radical (unpaired) electrons. The summed E-state index contributed by atoms with van der Waals surface area (Å²) in [5.74, 6) is 0. The van der Waals surface area contributed by atoms with E-state index in [1.54, 1.807) is 0 Å². The van der Waals surface area contributed by atoms with Crippen LogP contribution in [0.2, 0.25) is 0 Å². The summed E-state index contributed by atoms with van der Waals surface area (Å²) in [6, 6.07) is 0.599. The van der Waals surface area contributed by atoms with E-state index in [9.17, 15) is 0 Å². The normalized spacial score (nSPS) is 14.5. The van der Waals surface area contributed by atoms with E-state index in [0.29, 0.717) is 6.04 Å². The minimum Gasteiger partial charge on any atom is -0.338 e. The molecule has 0 aromatic heterocycles. The second kappa shape index (κ2) is 3.37. The summed E-state index contributed by atoms with van der Waals surface area (Å²) in [4.78, 5) is 2.92. The Hall–Kier alpha value is 0.177. The Kier molecular flexibility index (Phi) is 3.47. The fraction of sp³-hybridized carbons (Fsp3) is 1.00. The third-order valence-corrected chi connectivity index (χ3v) is 1.35. The van der Waals surface area contributed by atoms with Crippen molar-refractivity contribution in [2.75, 3.05) is 0 Å². The SMILES string of the molecule is CCC(C)N[Si]. The first-order chi connectivity index (χ1) is 2.81. The minimum atomic E-state index is 0.599. The first kappa shape index (κ1) is 6.18. The van der Waals surface area contributed by atoms with Crippen LogP contribution in [0.4, 0.5) is 0 Å². The van der Waals surface area contributed by atoms with Gasteiger partial charge in [0.05, 0.1) is 0 Å². The molecular formula is C4H10NSi. The summed E-state index contributed by atoms with van der Waals surface area (Å²) < 4.78 is 0. The Balaban J connectivity index is 2.75. The van der Waals surface area contributed by atoms with Gasteiger partial charge in [-0.1, -0.05) is 13.8 Å². The summed E-state index contributed by atoms with van der Waals surface area (Å²) in [5.41, 5.74) is 0. The van der Waals surface area contributed by atoms with Gasteiger partial charge in [0.1, 0.15) is 10.4 Å². The average molecular weight is 100 g/mol. The smallest absolute Gasteiger partial charge is 0.140 e. The molecule has 35 valence electrons. The predicted molar refractivity (Wildman–Crippen MR) is 28.6 cm³/mol. The van der Waals surface area contributed by atoms with Crippen LogP contribution in [0.15, 0.2) is 0 Å². The van der Waals surface area contributed by atoms with Crippen molar-refractivity contribution in [2.24, 2.45) is 0 Å². The molecular weight excluding hydrogens is 90.1 g/mol. The molecule has 0 bridgehead atoms. The van der Waals surface area contributed by atoms with Crippen molar-refractivity contribution >= 4 is 10.4 Å². The van der Waals surface area contributed by atoms with Crippen LogP contribution in [0.1, 0.15) is 20.3 Å². The predicted octanol–water partition coefficient (Wildman–Crippen LogP) is 0.458. The highest BCUT2D eigenvalue weighted by Crippen LogP contribution is 1.82. The number of nitrogens with one attached hydrogen (secondary N) is 1. The van der Waals surface area contributed by atoms with Crippen LogP contribution in [-0.2, 0) is 0 Å². The molecule has 6 heavy (non-hydrogen) atoms. The molecule has 0 aliphatic heterocycles. The van der Waals surface area contributed by atoms with Gasteiger partial charge in [-0.05, 0) is 12.5 Å². The van der Waals surface area contributed by atoms with Crippen molar-refractivity contribution in [3.05, 3.63) is 0 Å². The lowest BCUT2D eigenvalue weighted by Gasteiger charge is -2.02. The van der Waals surface area contributed by atoms with E-state index in [-0.39, 0.29) is 0 Å². The molecule has 1 N–H and O–H groups in total. The zero-order valence-electron chi connectivity index (χ0n) is 4.28. The highest BCUT2D eigenvalue weighted by Gasteiger charge is 1.86. The summed E-state index contributed by atoms with van der Waals surface area (Å²) in [7, 11) is 3.17. The molecule has 1 atom stereocenters. The van der Waals surface area contributed by atoms with Crippen LogP contribution >= 0.6 is 0 Å². The van der Waals surface area contributed by atoms with Crippen molar-refractivity contribution in [1.29, 1.82) is 0 Å². The molecule has 0 amide bonds. The number of rotatable bonds is 2. The lowest BCUT2D eigenvalue weighted by atomic mass is 10.3. The average Bonchev–Trinajstić information content (AvgIpc) is 1.65. The summed E-state index contributed by atoms with van der Waals surface area (Å²) in [5, 5.41) is 0. The van der Waals surface area contributed by atoms with E-state index in [0.717, 1.165) is 0 Å². The first-order valence-electron chi connectivity index (χ1n) is 2.23. The van der Waals surface area contributed by atoms with Gasteiger partial charge in [-0.2, -0.15) is 0 Å². The summed E-state index contributed by atoms with van der Waals surface area (Å²) >= 11 is 0. The molecule has 0 saturated carbocycles. The van der Waals surface area contributed by atoms with Crippen LogP contribution < -0.4 is 4.98 Å². The second-order valence-electron chi connectivity index (χ2n) is 1.45. The molecule has 1 nitrogen and oxygen atoms in total. The Morgan fingerprint density at radius 3 is 2.33 bits per heavy atom. The molecule has 0 aliphatic rings. The standard InChI is InChI=1S/C4H10NSi/c1-3-4(2)5-6/h4-5H,3H2,1-2H3. The van der Waals surface area contributed by atoms with Gasteiger partial charge < -0.3 is 4.98 Å². The monoisotopic (exact) mass is 100 g/mol. The summed E-state index contributed by atoms with van der Waals surface area (Å²) in [6.07, 6.45) is 1.17. The molecule has 0 fully saturated rings. The molecule has 0 saturated heterocycles. The number of hydrogen-bond donors (Lipinski definition) is 1. The van der Waals surface area contributed by atoms with Crippen LogP contribution in [0, 0.1) is 0 Å². The Labute approximate surface area is 42.6 Å². The van der Waals surface area contributed by atoms with Crippen molar-refractivity contribution in [3.8, 4) is 0 Å². The maximum Gasteiger partial charge on any atom is 0.140 e. The van der Waals surface area contributed by atoms with Crippen molar-refractivity contribution in [3.63, 3.8) is 0 Å². The van der Waals surface area contributed by atoms with Gasteiger partial charge in [0.15, 0.2) is 0 Å². The number of hydrogen-bond acceptors (Lipinski definition) is 1. The summed E-state index contributed by atoms with van der Waals surface area (Å²) in [6.45, 7) is 4.25. The van der Waals surface area contributed by atoms with Crippen LogP contribution in [0.5, 0.6) is 0 Å². The van der Waals surface area contributed by atoms with E-state index in [1.807, 2.05) is 0 Å². The van der Waals surface area contributed by atoms with Gasteiger partial charge in [-0.15, -0.1) is 0 Å². The highest BCUT2D eigenvalue weighted by molar-refractivity contribution is 6.04. The topological polar surface area (TPSA) is 12.0 Å². The largest absolute Gasteiger partial charge is 0.338 e. The van der Waals surface area contributed by atoms with Crippen LogP contribution in [-0.4, -0.2) is 16.4 Å². The molecule has 0 aliphatic carbocycles. The minimum absolute atomic E-state index is 0.599. The third-order valence-electron chi connectivity index (χ3n) is 0.859. The first-order valence-corrected chi connectivity index (χ1v) is 2.73. The Morgan fingerprint density at radius 2 is 2.33 bits per heavy atom. The molecule has 0 heterocycles. The fourth-order valence-corrected chi connectivity index (χ4v) is 0.306. The van der Waals surface area contributed by atoms with Gasteiger partial charge in [-0.3, -0.25) is 0 Å². The van der Waals surface area contributed by atoms with E-state index in [1.165, 1.54) is 6.42 Å². The van der Waals surface area contributed by atoms with Gasteiger partial charge in [-0.25, -0.2) is 0 Å². The van der Waals surface area contributed by atoms with Gasteiger partial charge in [0.2, 0.25) is 0 Å². The van der Waals surface area contributed by atoms with E-state index >= 15 is 0 Å². The zero-order valence-corrected chi connectivity index (χ0v) is 5.28. The maximum absolute atomic E-state index is 3.17. The Morgan fingerprint density at radius 1 is 1.83 bits per heavy atom. The maximum atomic E-state index is 3.17. The fourth-order valence-electron chi connectivity index (χ4n) is 0.102. The third kappa shape index (κ3) is 2.42. The van der Waals surface area contributed by atoms with Gasteiger partial charge in [0.25, 0.3) is 0 Å². The molecule has 2 heteroatoms. The van der Waals surface area contributed by atoms with Crippen LogP contribution in [0.3, 0.4) is 0 Å². The van der Waals surface area contributed by atoms with Crippen molar-refractivity contribution < 1.29 is 0 Å². The lowest BCUT2D eigenvalue weighted by molar-refractivity contribution is 0.661. The van der Waals surface area contributed by atoms with Gasteiger partial charge in [0, 0.05) is 0 Å². The van der Waals surface area contributed by atoms with E-state index < -0.39 is 0 Å². The van der Waals surface area contributed by atoms with E-state index in [4.69, 9.17) is 0 Å². The molecule has 0 rings (SSSR count). The molecule has 0 spiro atoms. The quantitative estimate of drug-likeness (QED) is 0.497. The molecule has 1 unspecified atom stereocenters.